The van der Waals surface area contributed by atoms with Crippen molar-refractivity contribution in [3.8, 4) is 6.07 Å². The van der Waals surface area contributed by atoms with Gasteiger partial charge in [-0.3, -0.25) is 4.21 Å². The van der Waals surface area contributed by atoms with Crippen LogP contribution >= 0.6 is 0 Å². The topological polar surface area (TPSA) is 66.9 Å². The van der Waals surface area contributed by atoms with Gasteiger partial charge in [-0.1, -0.05) is 6.92 Å². The van der Waals surface area contributed by atoms with Gasteiger partial charge in [-0.2, -0.15) is 5.26 Å². The molecule has 0 fully saturated rings. The van der Waals surface area contributed by atoms with Crippen LogP contribution in [0.25, 0.3) is 0 Å². The van der Waals surface area contributed by atoms with Gasteiger partial charge in [0.1, 0.15) is 5.25 Å². The third-order valence-electron chi connectivity index (χ3n) is 1.48. The van der Waals surface area contributed by atoms with Gasteiger partial charge in [-0.05, 0) is 13.3 Å². The summed E-state index contributed by atoms with van der Waals surface area (Å²) in [5.41, 5.74) is 5.56. The van der Waals surface area contributed by atoms with Crippen molar-refractivity contribution < 1.29 is 4.21 Å². The maximum Gasteiger partial charge on any atom is 0.119 e. The van der Waals surface area contributed by atoms with E-state index in [4.69, 9.17) is 11.0 Å². The fraction of sp³-hybridized carbons (Fsp3) is 0.857. The zero-order valence-corrected chi connectivity index (χ0v) is 7.73. The highest BCUT2D eigenvalue weighted by molar-refractivity contribution is 7.85. The Bertz CT molecular complexity index is 176. The maximum atomic E-state index is 11.2. The van der Waals surface area contributed by atoms with Crippen molar-refractivity contribution in [2.45, 2.75) is 31.6 Å². The molecule has 3 atom stereocenters. The summed E-state index contributed by atoms with van der Waals surface area (Å²) < 4.78 is 11.2. The Hall–Kier alpha value is -0.400. The fourth-order valence-electron chi connectivity index (χ4n) is 0.532. The molecule has 11 heavy (non-hydrogen) atoms. The average molecular weight is 174 g/mol. The van der Waals surface area contributed by atoms with E-state index in [9.17, 15) is 4.21 Å². The average Bonchev–Trinajstić information content (AvgIpc) is 2.02. The van der Waals surface area contributed by atoms with Crippen LogP contribution in [0.5, 0.6) is 0 Å². The van der Waals surface area contributed by atoms with E-state index in [1.165, 1.54) is 0 Å². The minimum Gasteiger partial charge on any atom is -0.327 e. The second kappa shape index (κ2) is 5.28. The molecule has 0 aromatic rings. The molecule has 0 saturated carbocycles. The highest BCUT2D eigenvalue weighted by Gasteiger charge is 2.12. The first-order valence-electron chi connectivity index (χ1n) is 3.64. The lowest BCUT2D eigenvalue weighted by atomic mass is 10.3. The van der Waals surface area contributed by atoms with Crippen LogP contribution in [0.4, 0.5) is 0 Å². The van der Waals surface area contributed by atoms with Crippen LogP contribution in [0.1, 0.15) is 20.3 Å². The second-order valence-electron chi connectivity index (χ2n) is 2.49. The predicted molar refractivity (Wildman–Crippen MR) is 46.4 cm³/mol. The Morgan fingerprint density at radius 3 is 2.64 bits per heavy atom. The molecule has 3 nitrogen and oxygen atoms in total. The molecule has 0 rings (SSSR count). The molecular formula is C7H14N2OS. The van der Waals surface area contributed by atoms with Gasteiger partial charge in [-0.15, -0.1) is 0 Å². The zero-order chi connectivity index (χ0) is 8.85. The van der Waals surface area contributed by atoms with Gasteiger partial charge in [0.25, 0.3) is 0 Å². The highest BCUT2D eigenvalue weighted by Crippen LogP contribution is 1.97. The number of nitrogens with two attached hydrogens (primary N) is 1. The van der Waals surface area contributed by atoms with E-state index in [0.717, 1.165) is 6.42 Å². The molecule has 0 bridgehead atoms. The quantitative estimate of drug-likeness (QED) is 0.670. The van der Waals surface area contributed by atoms with Crippen LogP contribution in [0, 0.1) is 11.3 Å². The van der Waals surface area contributed by atoms with E-state index in [1.54, 1.807) is 6.92 Å². The van der Waals surface area contributed by atoms with Crippen molar-refractivity contribution in [2.75, 3.05) is 5.75 Å². The summed E-state index contributed by atoms with van der Waals surface area (Å²) in [6.45, 7) is 3.59. The summed E-state index contributed by atoms with van der Waals surface area (Å²) in [6, 6.07) is 1.90. The van der Waals surface area contributed by atoms with Crippen molar-refractivity contribution in [2.24, 2.45) is 5.73 Å². The van der Waals surface area contributed by atoms with Crippen molar-refractivity contribution in [1.29, 1.82) is 5.26 Å². The molecule has 64 valence electrons. The molecule has 0 heterocycles. The first-order chi connectivity index (χ1) is 5.11. The molecule has 0 aliphatic rings. The number of hydrogen-bond acceptors (Lipinski definition) is 3. The van der Waals surface area contributed by atoms with E-state index < -0.39 is 16.0 Å². The monoisotopic (exact) mass is 174 g/mol. The summed E-state index contributed by atoms with van der Waals surface area (Å²) in [5, 5.41) is 8.01. The molecule has 0 amide bonds. The molecule has 0 aliphatic carbocycles. The zero-order valence-electron chi connectivity index (χ0n) is 6.91. The molecule has 0 aliphatic heterocycles. The molecule has 0 aromatic carbocycles. The molecule has 3 unspecified atom stereocenters. The van der Waals surface area contributed by atoms with Crippen molar-refractivity contribution in [3.63, 3.8) is 0 Å². The first kappa shape index (κ1) is 10.6. The van der Waals surface area contributed by atoms with Gasteiger partial charge in [0.2, 0.25) is 0 Å². The Morgan fingerprint density at radius 1 is 1.73 bits per heavy atom. The summed E-state index contributed by atoms with van der Waals surface area (Å²) in [7, 11) is -1.08. The molecule has 0 saturated heterocycles. The Morgan fingerprint density at radius 2 is 2.27 bits per heavy atom. The molecule has 0 radical (unpaired) electrons. The van der Waals surface area contributed by atoms with Gasteiger partial charge in [-0.25, -0.2) is 0 Å². The molecule has 0 spiro atoms. The Labute approximate surface area is 70.0 Å². The Balaban J connectivity index is 3.80. The highest BCUT2D eigenvalue weighted by atomic mass is 32.2. The van der Waals surface area contributed by atoms with Crippen LogP contribution in [0.3, 0.4) is 0 Å². The number of nitrogens with zero attached hydrogens (tertiary/aromatic N) is 1. The van der Waals surface area contributed by atoms with Gasteiger partial charge in [0.15, 0.2) is 0 Å². The summed E-state index contributed by atoms with van der Waals surface area (Å²) in [4.78, 5) is 0. The van der Waals surface area contributed by atoms with Gasteiger partial charge < -0.3 is 5.73 Å². The van der Waals surface area contributed by atoms with Crippen molar-refractivity contribution in [1.82, 2.24) is 0 Å². The summed E-state index contributed by atoms with van der Waals surface area (Å²) >= 11 is 0. The van der Waals surface area contributed by atoms with Crippen molar-refractivity contribution in [3.05, 3.63) is 0 Å². The van der Waals surface area contributed by atoms with E-state index in [2.05, 4.69) is 0 Å². The van der Waals surface area contributed by atoms with Gasteiger partial charge in [0.05, 0.1) is 6.07 Å². The third-order valence-corrected chi connectivity index (χ3v) is 3.13. The smallest absolute Gasteiger partial charge is 0.119 e. The largest absolute Gasteiger partial charge is 0.327 e. The normalized spacial score (nSPS) is 18.4. The number of hydrogen-bond donors (Lipinski definition) is 1. The minimum absolute atomic E-state index is 0.0355. The molecule has 2 N–H and O–H groups in total. The lowest BCUT2D eigenvalue weighted by Crippen LogP contribution is -2.29. The first-order valence-corrected chi connectivity index (χ1v) is 5.02. The lowest BCUT2D eigenvalue weighted by molar-refractivity contribution is 0.660. The number of nitriles is 1. The van der Waals surface area contributed by atoms with E-state index in [1.807, 2.05) is 13.0 Å². The van der Waals surface area contributed by atoms with Crippen LogP contribution < -0.4 is 5.73 Å². The standard InChI is InChI=1S/C7H14N2OS/c1-3-7(9)5-11(10)6(2)4-8/h6-7H,3,5,9H2,1-2H3. The van der Waals surface area contributed by atoms with Gasteiger partial charge in [0, 0.05) is 22.6 Å². The lowest BCUT2D eigenvalue weighted by Gasteiger charge is -2.08. The van der Waals surface area contributed by atoms with Gasteiger partial charge >= 0.3 is 0 Å². The SMILES string of the molecule is CCC(N)CS(=O)C(C)C#N. The fourth-order valence-corrected chi connectivity index (χ4v) is 1.60. The van der Waals surface area contributed by atoms with Crippen molar-refractivity contribution >= 4 is 10.8 Å². The second-order valence-corrected chi connectivity index (χ2v) is 4.29. The van der Waals surface area contributed by atoms with E-state index >= 15 is 0 Å². The van der Waals surface area contributed by atoms with E-state index in [0.29, 0.717) is 5.75 Å². The summed E-state index contributed by atoms with van der Waals surface area (Å²) in [5.74, 6) is 0.436. The van der Waals surface area contributed by atoms with Crippen LogP contribution in [-0.4, -0.2) is 21.3 Å². The molecule has 0 aromatic heterocycles. The minimum atomic E-state index is -1.08. The predicted octanol–water partition coefficient (Wildman–Crippen LogP) is 0.384. The Kier molecular flexibility index (Phi) is 5.08. The third kappa shape index (κ3) is 4.12. The summed E-state index contributed by atoms with van der Waals surface area (Å²) in [6.07, 6.45) is 0.809. The molecule has 4 heteroatoms. The van der Waals surface area contributed by atoms with E-state index in [-0.39, 0.29) is 6.04 Å². The number of rotatable bonds is 4. The molecular weight excluding hydrogens is 160 g/mol. The van der Waals surface area contributed by atoms with Crippen LogP contribution in [-0.2, 0) is 10.8 Å². The van der Waals surface area contributed by atoms with Crippen LogP contribution in [0.15, 0.2) is 0 Å². The maximum absolute atomic E-state index is 11.2. The van der Waals surface area contributed by atoms with Crippen LogP contribution in [0.2, 0.25) is 0 Å².